The molecule has 0 saturated heterocycles. The van der Waals surface area contributed by atoms with E-state index in [1.165, 1.54) is 17.9 Å². The molecule has 0 spiro atoms. The van der Waals surface area contributed by atoms with E-state index in [2.05, 4.69) is 26.1 Å². The molecule has 0 rings (SSSR count). The Labute approximate surface area is 93.2 Å². The maximum Gasteiger partial charge on any atom is 0.0618 e. The Morgan fingerprint density at radius 1 is 1.36 bits per heavy atom. The Hall–Kier alpha value is 0.270. The van der Waals surface area contributed by atoms with Crippen molar-refractivity contribution in [2.24, 2.45) is 5.92 Å². The van der Waals surface area contributed by atoms with Gasteiger partial charge in [-0.15, -0.1) is 0 Å². The van der Waals surface area contributed by atoms with Gasteiger partial charge in [0.2, 0.25) is 0 Å². The molecular formula is C11H25NOS. The van der Waals surface area contributed by atoms with E-state index in [1.807, 2.05) is 11.8 Å². The number of thioether (sulfide) groups is 1. The van der Waals surface area contributed by atoms with Crippen molar-refractivity contribution in [1.29, 1.82) is 0 Å². The number of nitrogens with one attached hydrogen (secondary N) is 1. The zero-order valence-electron chi connectivity index (χ0n) is 10.0. The molecule has 14 heavy (non-hydrogen) atoms. The van der Waals surface area contributed by atoms with Crippen molar-refractivity contribution in [3.63, 3.8) is 0 Å². The van der Waals surface area contributed by atoms with E-state index < -0.39 is 0 Å². The van der Waals surface area contributed by atoms with Crippen LogP contribution in [0.25, 0.3) is 0 Å². The molecular weight excluding hydrogens is 194 g/mol. The molecule has 0 aromatic heterocycles. The van der Waals surface area contributed by atoms with E-state index in [0.717, 1.165) is 13.2 Å². The highest BCUT2D eigenvalue weighted by atomic mass is 32.2. The molecule has 1 unspecified atom stereocenters. The summed E-state index contributed by atoms with van der Waals surface area (Å²) in [4.78, 5) is 0. The average Bonchev–Trinajstić information content (AvgIpc) is 2.15. The Bertz CT molecular complexity index is 120. The molecule has 0 aliphatic carbocycles. The molecule has 86 valence electrons. The van der Waals surface area contributed by atoms with E-state index in [9.17, 15) is 0 Å². The van der Waals surface area contributed by atoms with Gasteiger partial charge in [-0.25, -0.2) is 0 Å². The minimum atomic E-state index is 0.506. The molecule has 0 amide bonds. The Balaban J connectivity index is 3.41. The van der Waals surface area contributed by atoms with Crippen molar-refractivity contribution in [2.75, 3.05) is 31.8 Å². The molecule has 0 aromatic rings. The van der Waals surface area contributed by atoms with Crippen molar-refractivity contribution in [1.82, 2.24) is 5.32 Å². The van der Waals surface area contributed by atoms with Crippen LogP contribution in [0.4, 0.5) is 0 Å². The predicted molar refractivity (Wildman–Crippen MR) is 66.1 cm³/mol. The maximum absolute atomic E-state index is 5.18. The number of hydrogen-bond acceptors (Lipinski definition) is 3. The number of hydrogen-bond donors (Lipinski definition) is 1. The summed E-state index contributed by atoms with van der Waals surface area (Å²) >= 11 is 2.01. The van der Waals surface area contributed by atoms with Crippen molar-refractivity contribution < 1.29 is 4.74 Å². The second-order valence-electron chi connectivity index (χ2n) is 3.81. The highest BCUT2D eigenvalue weighted by Gasteiger charge is 2.11. The molecule has 0 fully saturated rings. The molecule has 0 aliphatic heterocycles. The number of methoxy groups -OCH3 is 1. The van der Waals surface area contributed by atoms with Crippen LogP contribution in [0.15, 0.2) is 0 Å². The first-order valence-electron chi connectivity index (χ1n) is 5.52. The lowest BCUT2D eigenvalue weighted by atomic mass is 10.1. The van der Waals surface area contributed by atoms with Crippen molar-refractivity contribution >= 4 is 11.8 Å². The SMILES string of the molecule is CCSCCCNC(COC)C(C)C. The van der Waals surface area contributed by atoms with Crippen LogP contribution in [0.2, 0.25) is 0 Å². The van der Waals surface area contributed by atoms with Gasteiger partial charge < -0.3 is 10.1 Å². The van der Waals surface area contributed by atoms with Crippen LogP contribution in [0, 0.1) is 5.92 Å². The second-order valence-corrected chi connectivity index (χ2v) is 5.20. The molecule has 0 heterocycles. The zero-order valence-corrected chi connectivity index (χ0v) is 10.8. The molecule has 2 nitrogen and oxygen atoms in total. The van der Waals surface area contributed by atoms with Gasteiger partial charge in [-0.1, -0.05) is 20.8 Å². The highest BCUT2D eigenvalue weighted by molar-refractivity contribution is 7.99. The van der Waals surface area contributed by atoms with E-state index in [4.69, 9.17) is 4.74 Å². The van der Waals surface area contributed by atoms with Gasteiger partial charge >= 0.3 is 0 Å². The Morgan fingerprint density at radius 3 is 2.57 bits per heavy atom. The smallest absolute Gasteiger partial charge is 0.0618 e. The number of rotatable bonds is 9. The molecule has 0 saturated carbocycles. The van der Waals surface area contributed by atoms with Gasteiger partial charge in [0.05, 0.1) is 6.61 Å². The van der Waals surface area contributed by atoms with Gasteiger partial charge in [0, 0.05) is 13.2 Å². The van der Waals surface area contributed by atoms with Crippen LogP contribution >= 0.6 is 11.8 Å². The quantitative estimate of drug-likeness (QED) is 0.602. The highest BCUT2D eigenvalue weighted by Crippen LogP contribution is 2.03. The largest absolute Gasteiger partial charge is 0.383 e. The fourth-order valence-electron chi connectivity index (χ4n) is 1.27. The van der Waals surface area contributed by atoms with E-state index in [0.29, 0.717) is 12.0 Å². The summed E-state index contributed by atoms with van der Waals surface area (Å²) in [6, 6.07) is 0.506. The molecule has 1 N–H and O–H groups in total. The normalized spacial score (nSPS) is 13.5. The molecule has 0 aromatic carbocycles. The Morgan fingerprint density at radius 2 is 2.07 bits per heavy atom. The van der Waals surface area contributed by atoms with Crippen LogP contribution in [0.1, 0.15) is 27.2 Å². The topological polar surface area (TPSA) is 21.3 Å². The third-order valence-electron chi connectivity index (χ3n) is 2.23. The fraction of sp³-hybridized carbons (Fsp3) is 1.00. The van der Waals surface area contributed by atoms with Gasteiger partial charge in [0.25, 0.3) is 0 Å². The van der Waals surface area contributed by atoms with E-state index in [-0.39, 0.29) is 0 Å². The van der Waals surface area contributed by atoms with Crippen LogP contribution in [-0.4, -0.2) is 37.8 Å². The lowest BCUT2D eigenvalue weighted by Gasteiger charge is -2.21. The summed E-state index contributed by atoms with van der Waals surface area (Å²) < 4.78 is 5.18. The minimum absolute atomic E-state index is 0.506. The van der Waals surface area contributed by atoms with Crippen LogP contribution < -0.4 is 5.32 Å². The maximum atomic E-state index is 5.18. The van der Waals surface area contributed by atoms with Crippen LogP contribution in [-0.2, 0) is 4.74 Å². The van der Waals surface area contributed by atoms with Gasteiger partial charge in [-0.2, -0.15) is 11.8 Å². The fourth-order valence-corrected chi connectivity index (χ4v) is 1.91. The zero-order chi connectivity index (χ0) is 10.8. The summed E-state index contributed by atoms with van der Waals surface area (Å²) in [5.74, 6) is 3.14. The third-order valence-corrected chi connectivity index (χ3v) is 3.21. The van der Waals surface area contributed by atoms with Gasteiger partial charge in [0.1, 0.15) is 0 Å². The van der Waals surface area contributed by atoms with Crippen LogP contribution in [0.3, 0.4) is 0 Å². The lowest BCUT2D eigenvalue weighted by Crippen LogP contribution is -2.38. The second kappa shape index (κ2) is 9.81. The van der Waals surface area contributed by atoms with Crippen molar-refractivity contribution in [2.45, 2.75) is 33.2 Å². The first-order chi connectivity index (χ1) is 6.72. The summed E-state index contributed by atoms with van der Waals surface area (Å²) in [6.45, 7) is 8.60. The van der Waals surface area contributed by atoms with Crippen LogP contribution in [0.5, 0.6) is 0 Å². The standard InChI is InChI=1S/C11H25NOS/c1-5-14-8-6-7-12-11(9-13-4)10(2)3/h10-12H,5-9H2,1-4H3. The molecule has 0 aliphatic rings. The Kier molecular flexibility index (Phi) is 10.0. The van der Waals surface area contributed by atoms with Gasteiger partial charge in [-0.3, -0.25) is 0 Å². The molecule has 1 atom stereocenters. The summed E-state index contributed by atoms with van der Waals surface area (Å²) in [5.41, 5.74) is 0. The molecule has 0 radical (unpaired) electrons. The van der Waals surface area contributed by atoms with Gasteiger partial charge in [-0.05, 0) is 30.4 Å². The van der Waals surface area contributed by atoms with Crippen molar-refractivity contribution in [3.05, 3.63) is 0 Å². The molecule has 3 heteroatoms. The average molecular weight is 219 g/mol. The number of ether oxygens (including phenoxy) is 1. The minimum Gasteiger partial charge on any atom is -0.383 e. The molecule has 0 bridgehead atoms. The third kappa shape index (κ3) is 7.65. The first-order valence-corrected chi connectivity index (χ1v) is 6.67. The predicted octanol–water partition coefficient (Wildman–Crippen LogP) is 2.39. The summed E-state index contributed by atoms with van der Waals surface area (Å²) in [7, 11) is 1.77. The first kappa shape index (κ1) is 14.3. The van der Waals surface area contributed by atoms with Crippen molar-refractivity contribution in [3.8, 4) is 0 Å². The van der Waals surface area contributed by atoms with E-state index >= 15 is 0 Å². The van der Waals surface area contributed by atoms with E-state index in [1.54, 1.807) is 7.11 Å². The lowest BCUT2D eigenvalue weighted by molar-refractivity contribution is 0.147. The summed E-state index contributed by atoms with van der Waals surface area (Å²) in [6.07, 6.45) is 1.26. The van der Waals surface area contributed by atoms with Gasteiger partial charge in [0.15, 0.2) is 0 Å². The monoisotopic (exact) mass is 219 g/mol. The summed E-state index contributed by atoms with van der Waals surface area (Å²) in [5, 5.41) is 3.54.